The third-order valence-corrected chi connectivity index (χ3v) is 5.20. The van der Waals surface area contributed by atoms with Gasteiger partial charge in [-0.05, 0) is 43.9 Å². The van der Waals surface area contributed by atoms with Crippen LogP contribution in [0.25, 0.3) is 11.1 Å². The van der Waals surface area contributed by atoms with Crippen molar-refractivity contribution in [2.45, 2.75) is 37.5 Å². The lowest BCUT2D eigenvalue weighted by atomic mass is 9.97. The molecule has 25 heavy (non-hydrogen) atoms. The number of piperidine rings is 1. The summed E-state index contributed by atoms with van der Waals surface area (Å²) in [6, 6.07) is 9.71. The van der Waals surface area contributed by atoms with Gasteiger partial charge in [0.15, 0.2) is 11.5 Å². The Bertz CT molecular complexity index is 891. The lowest BCUT2D eigenvalue weighted by Gasteiger charge is -2.30. The standard InChI is InChI=1S/C19H20N4O2/c24-19(16-10-15(21-22-16)12-7-8-12)23-9-3-4-13(11-23)18-20-14-5-1-2-6-17(14)25-18/h1-2,5-6,10,12-13H,3-4,7-9,11H2,(H,21,22). The van der Waals surface area contributed by atoms with E-state index in [2.05, 4.69) is 15.2 Å². The maximum Gasteiger partial charge on any atom is 0.274 e. The van der Waals surface area contributed by atoms with E-state index in [9.17, 15) is 4.79 Å². The summed E-state index contributed by atoms with van der Waals surface area (Å²) >= 11 is 0. The number of nitrogens with zero attached hydrogens (tertiary/aromatic N) is 3. The van der Waals surface area contributed by atoms with Crippen molar-refractivity contribution in [3.05, 3.63) is 47.6 Å². The number of fused-ring (bicyclic) bond motifs is 1. The first-order valence-electron chi connectivity index (χ1n) is 8.98. The average molecular weight is 336 g/mol. The minimum atomic E-state index is 0.00367. The van der Waals surface area contributed by atoms with Crippen LogP contribution in [0, 0.1) is 0 Å². The molecule has 0 spiro atoms. The maximum absolute atomic E-state index is 12.8. The second-order valence-corrected chi connectivity index (χ2v) is 7.09. The highest BCUT2D eigenvalue weighted by Gasteiger charge is 2.31. The van der Waals surface area contributed by atoms with Crippen LogP contribution < -0.4 is 0 Å². The first-order chi connectivity index (χ1) is 12.3. The molecule has 0 radical (unpaired) electrons. The quantitative estimate of drug-likeness (QED) is 0.795. The monoisotopic (exact) mass is 336 g/mol. The summed E-state index contributed by atoms with van der Waals surface area (Å²) in [5, 5.41) is 7.25. The molecule has 0 bridgehead atoms. The van der Waals surface area contributed by atoms with Crippen LogP contribution in [0.3, 0.4) is 0 Å². The molecule has 1 aliphatic heterocycles. The fourth-order valence-electron chi connectivity index (χ4n) is 3.64. The van der Waals surface area contributed by atoms with E-state index in [0.29, 0.717) is 18.2 Å². The molecule has 128 valence electrons. The van der Waals surface area contributed by atoms with Crippen LogP contribution in [-0.4, -0.2) is 39.1 Å². The number of rotatable bonds is 3. The molecule has 2 aliphatic rings. The molecule has 1 unspecified atom stereocenters. The molecule has 6 nitrogen and oxygen atoms in total. The Morgan fingerprint density at radius 3 is 2.92 bits per heavy atom. The Morgan fingerprint density at radius 1 is 1.20 bits per heavy atom. The molecule has 3 aromatic rings. The van der Waals surface area contributed by atoms with Gasteiger partial charge in [0.05, 0.1) is 5.92 Å². The van der Waals surface area contributed by atoms with Crippen molar-refractivity contribution in [3.63, 3.8) is 0 Å². The number of hydrogen-bond acceptors (Lipinski definition) is 4. The van der Waals surface area contributed by atoms with Gasteiger partial charge in [-0.25, -0.2) is 4.98 Å². The minimum absolute atomic E-state index is 0.00367. The molecule has 1 N–H and O–H groups in total. The van der Waals surface area contributed by atoms with Crippen molar-refractivity contribution in [1.29, 1.82) is 0 Å². The lowest BCUT2D eigenvalue weighted by molar-refractivity contribution is 0.0693. The van der Waals surface area contributed by atoms with Gasteiger partial charge in [-0.1, -0.05) is 12.1 Å². The van der Waals surface area contributed by atoms with Gasteiger partial charge < -0.3 is 9.32 Å². The number of hydrogen-bond donors (Lipinski definition) is 1. The van der Waals surface area contributed by atoms with Gasteiger partial charge in [0.1, 0.15) is 11.2 Å². The number of nitrogens with one attached hydrogen (secondary N) is 1. The molecule has 5 rings (SSSR count). The first-order valence-corrected chi connectivity index (χ1v) is 8.98. The second kappa shape index (κ2) is 5.72. The number of benzene rings is 1. The predicted octanol–water partition coefficient (Wildman–Crippen LogP) is 3.45. The van der Waals surface area contributed by atoms with Gasteiger partial charge in [0, 0.05) is 24.7 Å². The zero-order valence-electron chi connectivity index (χ0n) is 13.9. The first kappa shape index (κ1) is 14.7. The fraction of sp³-hybridized carbons (Fsp3) is 0.421. The molecular weight excluding hydrogens is 316 g/mol. The van der Waals surface area contributed by atoms with Crippen molar-refractivity contribution >= 4 is 17.0 Å². The molecule has 1 aliphatic carbocycles. The Kier molecular flexibility index (Phi) is 3.36. The number of carbonyl (C=O) groups is 1. The van der Waals surface area contributed by atoms with E-state index < -0.39 is 0 Å². The highest BCUT2D eigenvalue weighted by Crippen LogP contribution is 2.39. The second-order valence-electron chi connectivity index (χ2n) is 7.09. The van der Waals surface area contributed by atoms with E-state index >= 15 is 0 Å². The Balaban J connectivity index is 1.35. The van der Waals surface area contributed by atoms with E-state index in [-0.39, 0.29) is 11.8 Å². The highest BCUT2D eigenvalue weighted by molar-refractivity contribution is 5.92. The third-order valence-electron chi connectivity index (χ3n) is 5.20. The summed E-state index contributed by atoms with van der Waals surface area (Å²) in [4.78, 5) is 19.3. The van der Waals surface area contributed by atoms with E-state index in [1.807, 2.05) is 35.2 Å². The molecule has 1 saturated heterocycles. The summed E-state index contributed by atoms with van der Waals surface area (Å²) in [6.07, 6.45) is 4.33. The van der Waals surface area contributed by atoms with E-state index in [1.54, 1.807) is 0 Å². The summed E-state index contributed by atoms with van der Waals surface area (Å²) in [7, 11) is 0. The van der Waals surface area contributed by atoms with Gasteiger partial charge in [-0.3, -0.25) is 9.89 Å². The van der Waals surface area contributed by atoms with Crippen LogP contribution in [0.5, 0.6) is 0 Å². The van der Waals surface area contributed by atoms with Gasteiger partial charge in [0.25, 0.3) is 5.91 Å². The average Bonchev–Trinajstić information content (AvgIpc) is 3.22. The summed E-state index contributed by atoms with van der Waals surface area (Å²) < 4.78 is 5.91. The smallest absolute Gasteiger partial charge is 0.274 e. The number of H-pyrrole nitrogens is 1. The number of carbonyl (C=O) groups excluding carboxylic acids is 1. The van der Waals surface area contributed by atoms with Crippen molar-refractivity contribution < 1.29 is 9.21 Å². The van der Waals surface area contributed by atoms with Crippen LogP contribution in [0.2, 0.25) is 0 Å². The zero-order chi connectivity index (χ0) is 16.8. The van der Waals surface area contributed by atoms with E-state index in [0.717, 1.165) is 42.1 Å². The molecule has 2 fully saturated rings. The van der Waals surface area contributed by atoms with Gasteiger partial charge >= 0.3 is 0 Å². The number of likely N-dealkylation sites (tertiary alicyclic amines) is 1. The molecule has 1 aromatic carbocycles. The molecule has 3 heterocycles. The van der Waals surface area contributed by atoms with E-state index in [4.69, 9.17) is 4.42 Å². The molecule has 6 heteroatoms. The van der Waals surface area contributed by atoms with Crippen LogP contribution in [0.4, 0.5) is 0 Å². The molecular formula is C19H20N4O2. The lowest BCUT2D eigenvalue weighted by Crippen LogP contribution is -2.39. The van der Waals surface area contributed by atoms with Crippen molar-refractivity contribution in [2.75, 3.05) is 13.1 Å². The summed E-state index contributed by atoms with van der Waals surface area (Å²) in [6.45, 7) is 1.40. The summed E-state index contributed by atoms with van der Waals surface area (Å²) in [5.74, 6) is 1.46. The molecule has 1 atom stereocenters. The molecule has 2 aromatic heterocycles. The van der Waals surface area contributed by atoms with Crippen molar-refractivity contribution in [2.24, 2.45) is 0 Å². The number of amides is 1. The topological polar surface area (TPSA) is 75.0 Å². The van der Waals surface area contributed by atoms with Gasteiger partial charge in [-0.2, -0.15) is 5.10 Å². The number of aromatic nitrogens is 3. The van der Waals surface area contributed by atoms with Crippen molar-refractivity contribution in [3.8, 4) is 0 Å². The SMILES string of the molecule is O=C(c1cc(C2CC2)[nH]n1)N1CCCC(c2nc3ccccc3o2)C1. The van der Waals surface area contributed by atoms with Gasteiger partial charge in [-0.15, -0.1) is 0 Å². The predicted molar refractivity (Wildman–Crippen MR) is 92.5 cm³/mol. The van der Waals surface area contributed by atoms with Crippen LogP contribution in [0.15, 0.2) is 34.7 Å². The fourth-order valence-corrected chi connectivity index (χ4v) is 3.64. The third kappa shape index (κ3) is 2.71. The largest absolute Gasteiger partial charge is 0.440 e. The Hall–Kier alpha value is -2.63. The van der Waals surface area contributed by atoms with E-state index in [1.165, 1.54) is 12.8 Å². The summed E-state index contributed by atoms with van der Waals surface area (Å²) in [5.41, 5.74) is 3.31. The maximum atomic E-state index is 12.8. The zero-order valence-corrected chi connectivity index (χ0v) is 13.9. The number of para-hydroxylation sites is 2. The number of aromatic amines is 1. The molecule has 1 amide bonds. The molecule has 1 saturated carbocycles. The minimum Gasteiger partial charge on any atom is -0.440 e. The van der Waals surface area contributed by atoms with Crippen LogP contribution in [-0.2, 0) is 0 Å². The van der Waals surface area contributed by atoms with Crippen LogP contribution >= 0.6 is 0 Å². The number of oxazole rings is 1. The Labute approximate surface area is 145 Å². The van der Waals surface area contributed by atoms with Crippen molar-refractivity contribution in [1.82, 2.24) is 20.1 Å². The van der Waals surface area contributed by atoms with Gasteiger partial charge in [0.2, 0.25) is 0 Å². The van der Waals surface area contributed by atoms with Crippen LogP contribution in [0.1, 0.15) is 59.6 Å². The highest BCUT2D eigenvalue weighted by atomic mass is 16.3. The normalized spacial score (nSPS) is 21.0. The Morgan fingerprint density at radius 2 is 2.08 bits per heavy atom.